The first kappa shape index (κ1) is 15.2. The Kier molecular flexibility index (Phi) is 6.18. The first-order valence-corrected chi connectivity index (χ1v) is 11.3. The van der Waals surface area contributed by atoms with Crippen molar-refractivity contribution in [1.29, 1.82) is 0 Å². The summed E-state index contributed by atoms with van der Waals surface area (Å²) in [6.45, 7) is 7.59. The molecular formula is C10H20ClFGeO2. The fourth-order valence-electron chi connectivity index (χ4n) is 1.85. The van der Waals surface area contributed by atoms with Crippen molar-refractivity contribution in [2.75, 3.05) is 6.61 Å². The molecule has 5 heteroatoms. The van der Waals surface area contributed by atoms with Crippen molar-refractivity contribution >= 4 is 30.8 Å². The Bertz CT molecular complexity index is 209. The molecule has 0 aromatic heterocycles. The Morgan fingerprint density at radius 2 is 1.67 bits per heavy atom. The normalized spacial score (nSPS) is 15.9. The van der Waals surface area contributed by atoms with Crippen LogP contribution in [0.1, 0.15) is 27.7 Å². The van der Waals surface area contributed by atoms with Gasteiger partial charge in [0.15, 0.2) is 0 Å². The SMILES string of the molecule is CCOC(=O)[C](F)(Cl)[Ge]([CH2]C)([CH2]C)[CH2]C. The van der Waals surface area contributed by atoms with Crippen LogP contribution in [0.15, 0.2) is 0 Å². The summed E-state index contributed by atoms with van der Waals surface area (Å²) >= 11 is 2.85. The Balaban J connectivity index is 5.01. The number of carbonyl (C=O) groups excluding carboxylic acids is 1. The van der Waals surface area contributed by atoms with Gasteiger partial charge in [-0.15, -0.1) is 0 Å². The quantitative estimate of drug-likeness (QED) is 0.426. The van der Waals surface area contributed by atoms with E-state index in [2.05, 4.69) is 0 Å². The van der Waals surface area contributed by atoms with Gasteiger partial charge in [0.25, 0.3) is 0 Å². The molecule has 15 heavy (non-hydrogen) atoms. The van der Waals surface area contributed by atoms with Crippen LogP contribution in [0, 0.1) is 0 Å². The van der Waals surface area contributed by atoms with Gasteiger partial charge >= 0.3 is 98.8 Å². The van der Waals surface area contributed by atoms with Crippen LogP contribution in [0.2, 0.25) is 15.8 Å². The van der Waals surface area contributed by atoms with Gasteiger partial charge in [0.05, 0.1) is 0 Å². The van der Waals surface area contributed by atoms with Crippen LogP contribution in [0.25, 0.3) is 0 Å². The molecule has 0 saturated heterocycles. The van der Waals surface area contributed by atoms with Gasteiger partial charge in [0.2, 0.25) is 0 Å². The van der Waals surface area contributed by atoms with Crippen molar-refractivity contribution in [1.82, 2.24) is 0 Å². The van der Waals surface area contributed by atoms with Crippen LogP contribution >= 0.6 is 11.6 Å². The summed E-state index contributed by atoms with van der Waals surface area (Å²) < 4.78 is 16.9. The van der Waals surface area contributed by atoms with E-state index in [1.807, 2.05) is 20.8 Å². The van der Waals surface area contributed by atoms with Crippen molar-refractivity contribution in [3.05, 3.63) is 0 Å². The van der Waals surface area contributed by atoms with Crippen molar-refractivity contribution < 1.29 is 13.9 Å². The number of esters is 1. The van der Waals surface area contributed by atoms with Crippen LogP contribution in [0.3, 0.4) is 0 Å². The minimum atomic E-state index is -2.98. The van der Waals surface area contributed by atoms with E-state index in [-0.39, 0.29) is 6.61 Å². The average molecular weight is 299 g/mol. The third kappa shape index (κ3) is 2.87. The molecule has 0 aromatic carbocycles. The standard InChI is InChI=1S/C10H20ClFGeO2/c1-5-13(6-2,7-3)10(11,12)9(14)15-8-4/h5-8H2,1-4H3. The number of ether oxygens (including phenoxy) is 1. The van der Waals surface area contributed by atoms with Gasteiger partial charge < -0.3 is 0 Å². The second-order valence-electron chi connectivity index (χ2n) is 3.64. The number of hydrogen-bond acceptors (Lipinski definition) is 2. The molecule has 2 nitrogen and oxygen atoms in total. The maximum atomic E-state index is 14.4. The molecule has 0 aliphatic carbocycles. The summed E-state index contributed by atoms with van der Waals surface area (Å²) in [5, 5.41) is 2.10. The summed E-state index contributed by atoms with van der Waals surface area (Å²) in [6.07, 6.45) is 0. The molecule has 0 aromatic rings. The van der Waals surface area contributed by atoms with Crippen LogP contribution in [0.4, 0.5) is 4.39 Å². The monoisotopic (exact) mass is 300 g/mol. The molecule has 0 fully saturated rings. The van der Waals surface area contributed by atoms with Crippen molar-refractivity contribution in [2.45, 2.75) is 47.4 Å². The van der Waals surface area contributed by atoms with E-state index in [1.165, 1.54) is 0 Å². The van der Waals surface area contributed by atoms with Crippen LogP contribution < -0.4 is 0 Å². The fourth-order valence-corrected chi connectivity index (χ4v) is 11.0. The first-order valence-electron chi connectivity index (χ1n) is 5.46. The molecule has 0 aliphatic heterocycles. The van der Waals surface area contributed by atoms with Gasteiger partial charge in [-0.05, 0) is 0 Å². The third-order valence-corrected chi connectivity index (χ3v) is 17.2. The third-order valence-electron chi connectivity index (χ3n) is 3.23. The zero-order valence-electron chi connectivity index (χ0n) is 9.90. The molecule has 0 spiro atoms. The molecule has 0 heterocycles. The van der Waals surface area contributed by atoms with Crippen LogP contribution in [-0.2, 0) is 9.53 Å². The van der Waals surface area contributed by atoms with Gasteiger partial charge in [0, 0.05) is 0 Å². The molecule has 1 unspecified atom stereocenters. The van der Waals surface area contributed by atoms with Crippen LogP contribution in [-0.4, -0.2) is 29.8 Å². The molecule has 1 atom stereocenters. The predicted molar refractivity (Wildman–Crippen MR) is 63.5 cm³/mol. The van der Waals surface area contributed by atoms with E-state index < -0.39 is 23.2 Å². The second-order valence-corrected chi connectivity index (χ2v) is 16.1. The molecular weight excluding hydrogens is 279 g/mol. The minimum absolute atomic E-state index is 0.173. The molecule has 0 aliphatic rings. The van der Waals surface area contributed by atoms with Crippen molar-refractivity contribution in [3.8, 4) is 0 Å². The number of alkyl halides is 2. The summed E-state index contributed by atoms with van der Waals surface area (Å²) in [6, 6.07) is 0. The summed E-state index contributed by atoms with van der Waals surface area (Å²) in [4.78, 5) is 11.5. The zero-order valence-corrected chi connectivity index (χ0v) is 12.8. The summed E-state index contributed by atoms with van der Waals surface area (Å²) in [5.74, 6) is -0.878. The van der Waals surface area contributed by atoms with Gasteiger partial charge in [-0.2, -0.15) is 0 Å². The Morgan fingerprint density at radius 1 is 1.27 bits per heavy atom. The van der Waals surface area contributed by atoms with Gasteiger partial charge in [-0.1, -0.05) is 0 Å². The predicted octanol–water partition coefficient (Wildman–Crippen LogP) is 3.50. The molecule has 90 valence electrons. The molecule has 0 N–H and O–H groups in total. The molecule has 0 rings (SSSR count). The zero-order chi connectivity index (χ0) is 12.1. The Hall–Kier alpha value is 0.233. The average Bonchev–Trinajstić information content (AvgIpc) is 2.21. The van der Waals surface area contributed by atoms with E-state index in [0.717, 1.165) is 0 Å². The van der Waals surface area contributed by atoms with Crippen molar-refractivity contribution in [2.24, 2.45) is 0 Å². The van der Waals surface area contributed by atoms with Gasteiger partial charge in [0.1, 0.15) is 0 Å². The molecule has 0 saturated carbocycles. The second kappa shape index (κ2) is 6.09. The maximum absolute atomic E-state index is 14.4. The van der Waals surface area contributed by atoms with E-state index in [9.17, 15) is 9.18 Å². The van der Waals surface area contributed by atoms with E-state index in [0.29, 0.717) is 15.8 Å². The fraction of sp³-hybridized carbons (Fsp3) is 0.900. The molecule has 0 bridgehead atoms. The number of halogens is 2. The number of rotatable bonds is 6. The van der Waals surface area contributed by atoms with E-state index >= 15 is 0 Å². The van der Waals surface area contributed by atoms with E-state index in [4.69, 9.17) is 16.3 Å². The Labute approximate surface area is 98.9 Å². The van der Waals surface area contributed by atoms with Gasteiger partial charge in [-0.3, -0.25) is 0 Å². The summed E-state index contributed by atoms with van der Waals surface area (Å²) in [7, 11) is 0. The molecule has 0 radical (unpaired) electrons. The topological polar surface area (TPSA) is 26.3 Å². The van der Waals surface area contributed by atoms with Crippen molar-refractivity contribution in [3.63, 3.8) is 0 Å². The van der Waals surface area contributed by atoms with Crippen LogP contribution in [0.5, 0.6) is 0 Å². The molecule has 0 amide bonds. The number of hydrogen-bond donors (Lipinski definition) is 0. The Morgan fingerprint density at radius 3 is 1.93 bits per heavy atom. The van der Waals surface area contributed by atoms with Gasteiger partial charge in [-0.25, -0.2) is 0 Å². The summed E-state index contributed by atoms with van der Waals surface area (Å²) in [5.41, 5.74) is 0. The van der Waals surface area contributed by atoms with E-state index in [1.54, 1.807) is 6.92 Å². The number of carbonyl (C=O) groups is 1. The first-order chi connectivity index (χ1) is 6.91.